The van der Waals surface area contributed by atoms with E-state index in [4.69, 9.17) is 4.74 Å². The average molecular weight is 431 g/mol. The van der Waals surface area contributed by atoms with Gasteiger partial charge >= 0.3 is 0 Å². The lowest BCUT2D eigenvalue weighted by atomic mass is 9.94. The zero-order valence-electron chi connectivity index (χ0n) is 17.9. The van der Waals surface area contributed by atoms with Gasteiger partial charge in [-0.1, -0.05) is 24.3 Å². The summed E-state index contributed by atoms with van der Waals surface area (Å²) in [7, 11) is 1.52. The number of ether oxygens (including phenoxy) is 1. The number of methoxy groups -OCH3 is 1. The smallest absolute Gasteiger partial charge is 0.300 e. The number of amides is 1. The minimum Gasteiger partial charge on any atom is -0.507 e. The van der Waals surface area contributed by atoms with E-state index in [2.05, 4.69) is 0 Å². The van der Waals surface area contributed by atoms with Crippen LogP contribution in [0.5, 0.6) is 5.75 Å². The number of ketones is 1. The third kappa shape index (κ3) is 3.54. The molecule has 1 fully saturated rings. The van der Waals surface area contributed by atoms with E-state index in [9.17, 15) is 19.1 Å². The fourth-order valence-electron chi connectivity index (χ4n) is 3.87. The van der Waals surface area contributed by atoms with Crippen LogP contribution in [0.4, 0.5) is 10.1 Å². The molecule has 3 aromatic rings. The normalized spacial score (nSPS) is 17.6. The van der Waals surface area contributed by atoms with Crippen LogP contribution in [0.1, 0.15) is 28.3 Å². The van der Waals surface area contributed by atoms with Crippen LogP contribution in [0.25, 0.3) is 5.76 Å². The second kappa shape index (κ2) is 8.30. The summed E-state index contributed by atoms with van der Waals surface area (Å²) in [4.78, 5) is 27.5. The van der Waals surface area contributed by atoms with Crippen molar-refractivity contribution in [3.63, 3.8) is 0 Å². The van der Waals surface area contributed by atoms with Crippen LogP contribution < -0.4 is 9.64 Å². The van der Waals surface area contributed by atoms with E-state index < -0.39 is 23.5 Å². The van der Waals surface area contributed by atoms with Gasteiger partial charge in [0.1, 0.15) is 17.3 Å². The lowest BCUT2D eigenvalue weighted by molar-refractivity contribution is -0.132. The third-order valence-corrected chi connectivity index (χ3v) is 5.78. The lowest BCUT2D eigenvalue weighted by Gasteiger charge is -2.26. The molecule has 1 saturated heterocycles. The van der Waals surface area contributed by atoms with Gasteiger partial charge in [-0.25, -0.2) is 4.39 Å². The molecule has 3 aromatic carbocycles. The first-order chi connectivity index (χ1) is 15.3. The number of hydrogen-bond acceptors (Lipinski definition) is 4. The van der Waals surface area contributed by atoms with Gasteiger partial charge in [-0.05, 0) is 67.4 Å². The quantitative estimate of drug-likeness (QED) is 0.356. The number of Topliss-reactive ketones (excluding diaryl/α,β-unsaturated/α-hetero) is 1. The molecule has 1 N–H and O–H groups in total. The first-order valence-electron chi connectivity index (χ1n) is 10.1. The van der Waals surface area contributed by atoms with Crippen molar-refractivity contribution in [2.45, 2.75) is 19.9 Å². The number of benzene rings is 3. The molecule has 1 heterocycles. The van der Waals surface area contributed by atoms with Crippen molar-refractivity contribution >= 4 is 23.1 Å². The molecule has 1 atom stereocenters. The summed E-state index contributed by atoms with van der Waals surface area (Å²) in [6.07, 6.45) is 0. The van der Waals surface area contributed by atoms with E-state index in [-0.39, 0.29) is 16.9 Å². The van der Waals surface area contributed by atoms with E-state index in [0.29, 0.717) is 17.0 Å². The molecule has 162 valence electrons. The van der Waals surface area contributed by atoms with Crippen LogP contribution in [0, 0.1) is 19.7 Å². The highest BCUT2D eigenvalue weighted by Crippen LogP contribution is 2.43. The van der Waals surface area contributed by atoms with Crippen molar-refractivity contribution in [3.05, 3.63) is 100 Å². The number of nitrogens with zero attached hydrogens (tertiary/aromatic N) is 1. The zero-order chi connectivity index (χ0) is 23.0. The highest BCUT2D eigenvalue weighted by atomic mass is 19.1. The molecule has 4 rings (SSSR count). The van der Waals surface area contributed by atoms with Crippen LogP contribution in [-0.4, -0.2) is 23.9 Å². The first kappa shape index (κ1) is 21.3. The van der Waals surface area contributed by atoms with E-state index in [1.807, 2.05) is 19.9 Å². The predicted molar refractivity (Wildman–Crippen MR) is 120 cm³/mol. The molecular formula is C26H22FNO4. The highest BCUT2D eigenvalue weighted by Gasteiger charge is 2.47. The van der Waals surface area contributed by atoms with Gasteiger partial charge in [-0.2, -0.15) is 0 Å². The van der Waals surface area contributed by atoms with Gasteiger partial charge in [0.15, 0.2) is 0 Å². The molecule has 5 nitrogen and oxygen atoms in total. The summed E-state index contributed by atoms with van der Waals surface area (Å²) < 4.78 is 20.0. The number of carbonyl (C=O) groups is 2. The molecule has 1 aliphatic rings. The predicted octanol–water partition coefficient (Wildman–Crippen LogP) is 5.08. The lowest BCUT2D eigenvalue weighted by Crippen LogP contribution is -2.30. The van der Waals surface area contributed by atoms with Crippen LogP contribution >= 0.6 is 0 Å². The minimum atomic E-state index is -1.11. The largest absolute Gasteiger partial charge is 0.507 e. The summed E-state index contributed by atoms with van der Waals surface area (Å²) in [5, 5.41) is 11.1. The number of halogens is 1. The first-order valence-corrected chi connectivity index (χ1v) is 10.1. The molecule has 1 unspecified atom stereocenters. The monoisotopic (exact) mass is 431 g/mol. The van der Waals surface area contributed by atoms with Crippen LogP contribution in [0.3, 0.4) is 0 Å². The van der Waals surface area contributed by atoms with E-state index in [1.165, 1.54) is 30.2 Å². The Kier molecular flexibility index (Phi) is 5.53. The van der Waals surface area contributed by atoms with Gasteiger partial charge < -0.3 is 9.84 Å². The molecule has 0 aliphatic carbocycles. The van der Waals surface area contributed by atoms with E-state index >= 15 is 0 Å². The van der Waals surface area contributed by atoms with Crippen molar-refractivity contribution in [1.29, 1.82) is 0 Å². The zero-order valence-corrected chi connectivity index (χ0v) is 17.9. The summed E-state index contributed by atoms with van der Waals surface area (Å²) in [6, 6.07) is 16.6. The Morgan fingerprint density at radius 1 is 0.969 bits per heavy atom. The fraction of sp³-hybridized carbons (Fsp3) is 0.154. The molecule has 0 spiro atoms. The Labute approximate surface area is 185 Å². The van der Waals surface area contributed by atoms with Gasteiger partial charge in [0, 0.05) is 16.8 Å². The summed E-state index contributed by atoms with van der Waals surface area (Å²) >= 11 is 0. The molecule has 1 amide bonds. The van der Waals surface area contributed by atoms with Crippen molar-refractivity contribution in [2.75, 3.05) is 12.0 Å². The molecule has 32 heavy (non-hydrogen) atoms. The van der Waals surface area contributed by atoms with Crippen molar-refractivity contribution in [3.8, 4) is 5.75 Å². The summed E-state index contributed by atoms with van der Waals surface area (Å²) in [5.74, 6) is -2.07. The van der Waals surface area contributed by atoms with Gasteiger partial charge in [-0.15, -0.1) is 0 Å². The number of hydrogen-bond donors (Lipinski definition) is 1. The molecule has 6 heteroatoms. The van der Waals surface area contributed by atoms with Crippen molar-refractivity contribution in [1.82, 2.24) is 0 Å². The van der Waals surface area contributed by atoms with E-state index in [1.54, 1.807) is 42.5 Å². The minimum absolute atomic E-state index is 0.125. The molecule has 1 aliphatic heterocycles. The summed E-state index contributed by atoms with van der Waals surface area (Å²) in [5.41, 5.74) is 2.68. The van der Waals surface area contributed by atoms with Crippen LogP contribution in [0.2, 0.25) is 0 Å². The maximum Gasteiger partial charge on any atom is 0.300 e. The van der Waals surface area contributed by atoms with Gasteiger partial charge in [0.05, 0.1) is 18.7 Å². The van der Waals surface area contributed by atoms with Gasteiger partial charge in [0.2, 0.25) is 0 Å². The van der Waals surface area contributed by atoms with Crippen LogP contribution in [-0.2, 0) is 9.59 Å². The topological polar surface area (TPSA) is 66.8 Å². The Balaban J connectivity index is 1.95. The van der Waals surface area contributed by atoms with Gasteiger partial charge in [0.25, 0.3) is 11.7 Å². The fourth-order valence-corrected chi connectivity index (χ4v) is 3.87. The third-order valence-electron chi connectivity index (χ3n) is 5.78. The number of carbonyl (C=O) groups excluding carboxylic acids is 2. The van der Waals surface area contributed by atoms with Crippen molar-refractivity contribution in [2.24, 2.45) is 0 Å². The van der Waals surface area contributed by atoms with Gasteiger partial charge in [-0.3, -0.25) is 14.5 Å². The number of aliphatic hydroxyl groups is 1. The Morgan fingerprint density at radius 3 is 2.28 bits per heavy atom. The summed E-state index contributed by atoms with van der Waals surface area (Å²) in [6.45, 7) is 3.83. The molecule has 0 bridgehead atoms. The average Bonchev–Trinajstić information content (AvgIpc) is 3.06. The molecule has 0 radical (unpaired) electrons. The Bertz CT molecular complexity index is 1250. The van der Waals surface area contributed by atoms with E-state index in [0.717, 1.165) is 11.1 Å². The standard InChI is InChI=1S/C26H22FNO4/c1-15-8-11-18(14-16(15)2)28-23(20-6-4-5-7-21(20)27)22(25(30)26(28)31)24(29)17-9-12-19(32-3)13-10-17/h4-14,23,29H,1-3H3/b24-22+. The number of aliphatic hydroxyl groups excluding tert-OH is 1. The molecule has 0 saturated carbocycles. The van der Waals surface area contributed by atoms with Crippen LogP contribution in [0.15, 0.2) is 72.3 Å². The number of anilines is 1. The number of aryl methyl sites for hydroxylation is 2. The second-order valence-corrected chi connectivity index (χ2v) is 7.69. The molecule has 0 aromatic heterocycles. The number of rotatable bonds is 4. The Morgan fingerprint density at radius 2 is 1.66 bits per heavy atom. The maximum absolute atomic E-state index is 14.9. The second-order valence-electron chi connectivity index (χ2n) is 7.69. The molecular weight excluding hydrogens is 409 g/mol. The Hall–Kier alpha value is -3.93. The maximum atomic E-state index is 14.9. The van der Waals surface area contributed by atoms with Crippen molar-refractivity contribution < 1.29 is 23.8 Å². The highest BCUT2D eigenvalue weighted by molar-refractivity contribution is 6.51. The SMILES string of the molecule is COc1ccc(/C(O)=C2\C(=O)C(=O)N(c3ccc(C)c(C)c3)C2c2ccccc2F)cc1.